The van der Waals surface area contributed by atoms with Gasteiger partial charge in [0.25, 0.3) is 5.91 Å². The van der Waals surface area contributed by atoms with Crippen molar-refractivity contribution in [3.8, 4) is 0 Å². The largest absolute Gasteiger partial charge is 0.352 e. The van der Waals surface area contributed by atoms with E-state index in [0.29, 0.717) is 13.1 Å². The van der Waals surface area contributed by atoms with Gasteiger partial charge in [0.15, 0.2) is 0 Å². The first kappa shape index (κ1) is 18.7. The third-order valence-corrected chi connectivity index (χ3v) is 6.03. The fourth-order valence-corrected chi connectivity index (χ4v) is 4.30. The number of nitrogens with one attached hydrogen (secondary N) is 1. The van der Waals surface area contributed by atoms with Gasteiger partial charge in [-0.05, 0) is 55.5 Å². The summed E-state index contributed by atoms with van der Waals surface area (Å²) in [5, 5.41) is 3.10. The first-order valence-electron chi connectivity index (χ1n) is 10.4. The van der Waals surface area contributed by atoms with Crippen LogP contribution in [0.4, 0.5) is 5.69 Å². The van der Waals surface area contributed by atoms with Gasteiger partial charge in [-0.15, -0.1) is 0 Å². The highest BCUT2D eigenvalue weighted by Crippen LogP contribution is 2.31. The van der Waals surface area contributed by atoms with Crippen molar-refractivity contribution in [3.63, 3.8) is 0 Å². The van der Waals surface area contributed by atoms with Crippen LogP contribution in [0.15, 0.2) is 42.5 Å². The van der Waals surface area contributed by atoms with Crippen LogP contribution < -0.4 is 10.2 Å². The zero-order chi connectivity index (χ0) is 19.5. The summed E-state index contributed by atoms with van der Waals surface area (Å²) in [4.78, 5) is 27.2. The maximum Gasteiger partial charge on any atom is 0.258 e. The van der Waals surface area contributed by atoms with Crippen molar-refractivity contribution >= 4 is 17.5 Å². The molecule has 0 aromatic heterocycles. The highest BCUT2D eigenvalue weighted by Gasteiger charge is 2.26. The SMILES string of the molecule is Cc1ccc(C(=O)N2CCc3ccc(CNC(=O)C4CCCCC4)cc32)cc1. The second-order valence-electron chi connectivity index (χ2n) is 8.09. The van der Waals surface area contributed by atoms with E-state index in [4.69, 9.17) is 0 Å². The van der Waals surface area contributed by atoms with Gasteiger partial charge >= 0.3 is 0 Å². The third-order valence-electron chi connectivity index (χ3n) is 6.03. The lowest BCUT2D eigenvalue weighted by atomic mass is 9.88. The van der Waals surface area contributed by atoms with Crippen molar-refractivity contribution in [1.29, 1.82) is 0 Å². The fourth-order valence-electron chi connectivity index (χ4n) is 4.30. The number of fused-ring (bicyclic) bond motifs is 1. The van der Waals surface area contributed by atoms with Gasteiger partial charge < -0.3 is 10.2 Å². The highest BCUT2D eigenvalue weighted by atomic mass is 16.2. The average molecular weight is 377 g/mol. The second kappa shape index (κ2) is 8.17. The molecule has 1 saturated carbocycles. The lowest BCUT2D eigenvalue weighted by Gasteiger charge is -2.21. The molecule has 2 aromatic carbocycles. The molecule has 4 rings (SSSR count). The molecule has 1 fully saturated rings. The molecule has 28 heavy (non-hydrogen) atoms. The molecule has 4 heteroatoms. The molecule has 2 aromatic rings. The van der Waals surface area contributed by atoms with Crippen LogP contribution in [0.5, 0.6) is 0 Å². The number of hydrogen-bond donors (Lipinski definition) is 1. The molecule has 146 valence electrons. The molecule has 0 radical (unpaired) electrons. The quantitative estimate of drug-likeness (QED) is 0.860. The molecule has 2 aliphatic rings. The smallest absolute Gasteiger partial charge is 0.258 e. The Morgan fingerprint density at radius 2 is 1.79 bits per heavy atom. The van der Waals surface area contributed by atoms with E-state index < -0.39 is 0 Å². The first-order valence-corrected chi connectivity index (χ1v) is 10.4. The minimum absolute atomic E-state index is 0.0436. The van der Waals surface area contributed by atoms with Gasteiger partial charge in [0.05, 0.1) is 0 Å². The van der Waals surface area contributed by atoms with E-state index in [2.05, 4.69) is 23.5 Å². The Balaban J connectivity index is 1.45. The number of carbonyl (C=O) groups is 2. The zero-order valence-corrected chi connectivity index (χ0v) is 16.5. The molecule has 2 amide bonds. The van der Waals surface area contributed by atoms with Gasteiger partial charge in [-0.25, -0.2) is 0 Å². The summed E-state index contributed by atoms with van der Waals surface area (Å²) >= 11 is 0. The Morgan fingerprint density at radius 1 is 1.04 bits per heavy atom. The molecule has 1 N–H and O–H groups in total. The van der Waals surface area contributed by atoms with Crippen molar-refractivity contribution < 1.29 is 9.59 Å². The van der Waals surface area contributed by atoms with E-state index in [0.717, 1.165) is 54.5 Å². The molecule has 0 unspecified atom stereocenters. The number of nitrogens with zero attached hydrogens (tertiary/aromatic N) is 1. The summed E-state index contributed by atoms with van der Waals surface area (Å²) in [6.07, 6.45) is 6.46. The van der Waals surface area contributed by atoms with E-state index in [-0.39, 0.29) is 17.7 Å². The summed E-state index contributed by atoms with van der Waals surface area (Å²) in [6, 6.07) is 14.0. The molecular formula is C24H28N2O2. The molecule has 0 spiro atoms. The fraction of sp³-hybridized carbons (Fsp3) is 0.417. The maximum atomic E-state index is 13.0. The van der Waals surface area contributed by atoms with Crippen molar-refractivity contribution in [3.05, 3.63) is 64.7 Å². The van der Waals surface area contributed by atoms with Crippen molar-refractivity contribution in [2.45, 2.75) is 52.0 Å². The number of rotatable bonds is 4. The highest BCUT2D eigenvalue weighted by molar-refractivity contribution is 6.07. The van der Waals surface area contributed by atoms with Crippen molar-refractivity contribution in [1.82, 2.24) is 5.32 Å². The van der Waals surface area contributed by atoms with Crippen LogP contribution >= 0.6 is 0 Å². The van der Waals surface area contributed by atoms with Crippen LogP contribution in [0.25, 0.3) is 0 Å². The number of carbonyl (C=O) groups excluding carboxylic acids is 2. The molecule has 1 aliphatic carbocycles. The Kier molecular flexibility index (Phi) is 5.47. The van der Waals surface area contributed by atoms with Crippen LogP contribution in [0.2, 0.25) is 0 Å². The monoisotopic (exact) mass is 376 g/mol. The van der Waals surface area contributed by atoms with Gasteiger partial charge in [-0.2, -0.15) is 0 Å². The number of amides is 2. The van der Waals surface area contributed by atoms with Crippen LogP contribution in [0, 0.1) is 12.8 Å². The zero-order valence-electron chi connectivity index (χ0n) is 16.5. The third kappa shape index (κ3) is 3.96. The van der Waals surface area contributed by atoms with Crippen LogP contribution in [0.3, 0.4) is 0 Å². The Bertz CT molecular complexity index is 867. The normalized spacial score (nSPS) is 16.7. The number of aryl methyl sites for hydroxylation is 1. The van der Waals surface area contributed by atoms with E-state index >= 15 is 0 Å². The summed E-state index contributed by atoms with van der Waals surface area (Å²) in [5.41, 5.74) is 5.09. The molecule has 4 nitrogen and oxygen atoms in total. The Morgan fingerprint density at radius 3 is 2.54 bits per heavy atom. The minimum Gasteiger partial charge on any atom is -0.352 e. The van der Waals surface area contributed by atoms with Gasteiger partial charge in [-0.3, -0.25) is 9.59 Å². The minimum atomic E-state index is 0.0436. The number of hydrogen-bond acceptors (Lipinski definition) is 2. The van der Waals surface area contributed by atoms with E-state index in [9.17, 15) is 9.59 Å². The maximum absolute atomic E-state index is 13.0. The Hall–Kier alpha value is -2.62. The van der Waals surface area contributed by atoms with Gasteiger partial charge in [0, 0.05) is 30.3 Å². The molecule has 0 bridgehead atoms. The summed E-state index contributed by atoms with van der Waals surface area (Å²) < 4.78 is 0. The average Bonchev–Trinajstić information content (AvgIpc) is 3.16. The lowest BCUT2D eigenvalue weighted by Crippen LogP contribution is -2.31. The molecule has 0 saturated heterocycles. The Labute approximate surface area is 166 Å². The van der Waals surface area contributed by atoms with Gasteiger partial charge in [0.1, 0.15) is 0 Å². The predicted octanol–water partition coefficient (Wildman–Crippen LogP) is 4.39. The van der Waals surface area contributed by atoms with E-state index in [1.807, 2.05) is 36.1 Å². The van der Waals surface area contributed by atoms with Gasteiger partial charge in [0.2, 0.25) is 5.91 Å². The van der Waals surface area contributed by atoms with Crippen molar-refractivity contribution in [2.75, 3.05) is 11.4 Å². The summed E-state index contributed by atoms with van der Waals surface area (Å²) in [6.45, 7) is 3.25. The molecule has 1 heterocycles. The predicted molar refractivity (Wildman–Crippen MR) is 111 cm³/mol. The topological polar surface area (TPSA) is 49.4 Å². The van der Waals surface area contributed by atoms with Crippen molar-refractivity contribution in [2.24, 2.45) is 5.92 Å². The standard InChI is InChI=1S/C24H28N2O2/c1-17-7-10-21(11-8-17)24(28)26-14-13-19-12-9-18(15-22(19)26)16-25-23(27)20-5-3-2-4-6-20/h7-12,15,20H,2-6,13-14,16H2,1H3,(H,25,27). The van der Waals surface area contributed by atoms with Crippen LogP contribution in [0.1, 0.15) is 59.2 Å². The number of benzene rings is 2. The van der Waals surface area contributed by atoms with Gasteiger partial charge in [-0.1, -0.05) is 49.1 Å². The number of anilines is 1. The van der Waals surface area contributed by atoms with E-state index in [1.165, 1.54) is 12.0 Å². The molecule has 1 aliphatic heterocycles. The lowest BCUT2D eigenvalue weighted by molar-refractivity contribution is -0.126. The molecular weight excluding hydrogens is 348 g/mol. The summed E-state index contributed by atoms with van der Waals surface area (Å²) in [7, 11) is 0. The molecule has 0 atom stereocenters. The van der Waals surface area contributed by atoms with Crippen LogP contribution in [-0.2, 0) is 17.8 Å². The second-order valence-corrected chi connectivity index (χ2v) is 8.09. The van der Waals surface area contributed by atoms with E-state index in [1.54, 1.807) is 0 Å². The van der Waals surface area contributed by atoms with Crippen LogP contribution in [-0.4, -0.2) is 18.4 Å². The summed E-state index contributed by atoms with van der Waals surface area (Å²) in [5.74, 6) is 0.387. The first-order chi connectivity index (χ1) is 13.6.